The van der Waals surface area contributed by atoms with E-state index in [0.29, 0.717) is 5.58 Å². The molecule has 3 nitrogen and oxygen atoms in total. The lowest BCUT2D eigenvalue weighted by atomic mass is 10.0. The van der Waals surface area contributed by atoms with E-state index in [0.717, 1.165) is 36.0 Å². The Morgan fingerprint density at radius 3 is 2.55 bits per heavy atom. The van der Waals surface area contributed by atoms with Gasteiger partial charge in [-0.25, -0.2) is 4.79 Å². The van der Waals surface area contributed by atoms with Crippen LogP contribution in [-0.2, 0) is 12.8 Å². The molecule has 0 fully saturated rings. The summed E-state index contributed by atoms with van der Waals surface area (Å²) in [4.78, 5) is 12.0. The maximum Gasteiger partial charge on any atom is 0.339 e. The van der Waals surface area contributed by atoms with Gasteiger partial charge in [-0.1, -0.05) is 30.3 Å². The van der Waals surface area contributed by atoms with Crippen molar-refractivity contribution in [1.82, 2.24) is 0 Å². The van der Waals surface area contributed by atoms with Crippen molar-refractivity contribution in [1.29, 1.82) is 0 Å². The fourth-order valence-electron chi connectivity index (χ4n) is 2.55. The van der Waals surface area contributed by atoms with Crippen LogP contribution in [0.3, 0.4) is 0 Å². The number of methoxy groups -OCH3 is 1. The average molecular weight is 294 g/mol. The number of hydrogen-bond donors (Lipinski definition) is 0. The first kappa shape index (κ1) is 14.4. The third-order valence-electron chi connectivity index (χ3n) is 3.78. The van der Waals surface area contributed by atoms with E-state index in [9.17, 15) is 4.79 Å². The van der Waals surface area contributed by atoms with E-state index in [1.165, 1.54) is 5.56 Å². The van der Waals surface area contributed by atoms with Crippen molar-refractivity contribution in [2.45, 2.75) is 19.3 Å². The quantitative estimate of drug-likeness (QED) is 0.668. The fraction of sp³-hybridized carbons (Fsp3) is 0.211. The Morgan fingerprint density at radius 2 is 1.77 bits per heavy atom. The van der Waals surface area contributed by atoms with Crippen molar-refractivity contribution in [3.8, 4) is 5.75 Å². The van der Waals surface area contributed by atoms with Gasteiger partial charge in [-0.05, 0) is 49.1 Å². The van der Waals surface area contributed by atoms with Gasteiger partial charge in [0, 0.05) is 10.9 Å². The van der Waals surface area contributed by atoms with Gasteiger partial charge in [0.15, 0.2) is 0 Å². The molecule has 1 heterocycles. The van der Waals surface area contributed by atoms with Crippen molar-refractivity contribution >= 4 is 11.0 Å². The molecule has 0 spiro atoms. The molecule has 22 heavy (non-hydrogen) atoms. The predicted octanol–water partition coefficient (Wildman–Crippen LogP) is 3.98. The van der Waals surface area contributed by atoms with Crippen molar-refractivity contribution < 1.29 is 9.15 Å². The minimum absolute atomic E-state index is 0.228. The lowest BCUT2D eigenvalue weighted by molar-refractivity contribution is 0.414. The largest absolute Gasteiger partial charge is 0.497 e. The number of ether oxygens (including phenoxy) is 1. The third kappa shape index (κ3) is 3.19. The molecular weight excluding hydrogens is 276 g/mol. The number of aryl methyl sites for hydroxylation is 2. The summed E-state index contributed by atoms with van der Waals surface area (Å²) in [7, 11) is 1.66. The third-order valence-corrected chi connectivity index (χ3v) is 3.78. The maximum absolute atomic E-state index is 12.0. The average Bonchev–Trinajstić information content (AvgIpc) is 2.56. The van der Waals surface area contributed by atoms with Gasteiger partial charge in [0.05, 0.1) is 7.11 Å². The van der Waals surface area contributed by atoms with Gasteiger partial charge in [0.2, 0.25) is 0 Å². The molecular formula is C19H18O3. The summed E-state index contributed by atoms with van der Waals surface area (Å²) in [5.41, 5.74) is 2.40. The van der Waals surface area contributed by atoms with Crippen molar-refractivity contribution in [3.63, 3.8) is 0 Å². The second kappa shape index (κ2) is 6.48. The summed E-state index contributed by atoms with van der Waals surface area (Å²) in [6.45, 7) is 0. The van der Waals surface area contributed by atoms with Crippen LogP contribution >= 0.6 is 0 Å². The van der Waals surface area contributed by atoms with E-state index in [1.807, 2.05) is 42.5 Å². The molecule has 1 aromatic heterocycles. The molecule has 0 saturated heterocycles. The van der Waals surface area contributed by atoms with E-state index in [-0.39, 0.29) is 5.63 Å². The predicted molar refractivity (Wildman–Crippen MR) is 87.5 cm³/mol. The summed E-state index contributed by atoms with van der Waals surface area (Å²) in [5, 5.41) is 0.974. The van der Waals surface area contributed by atoms with Crippen LogP contribution in [0.15, 0.2) is 63.8 Å². The first-order valence-corrected chi connectivity index (χ1v) is 7.41. The maximum atomic E-state index is 12.0. The molecule has 0 radical (unpaired) electrons. The molecule has 3 rings (SSSR count). The first-order chi connectivity index (χ1) is 10.8. The number of hydrogen-bond acceptors (Lipinski definition) is 3. The van der Waals surface area contributed by atoms with Crippen molar-refractivity contribution in [2.24, 2.45) is 0 Å². The zero-order valence-corrected chi connectivity index (χ0v) is 12.5. The van der Waals surface area contributed by atoms with E-state index in [2.05, 4.69) is 12.1 Å². The molecule has 0 amide bonds. The normalized spacial score (nSPS) is 10.8. The zero-order chi connectivity index (χ0) is 15.4. The highest BCUT2D eigenvalue weighted by Crippen LogP contribution is 2.16. The van der Waals surface area contributed by atoms with Crippen LogP contribution in [0.5, 0.6) is 5.75 Å². The molecule has 0 atom stereocenters. The number of rotatable bonds is 5. The van der Waals surface area contributed by atoms with E-state index < -0.39 is 0 Å². The Balaban J connectivity index is 1.68. The van der Waals surface area contributed by atoms with Crippen molar-refractivity contribution in [2.75, 3.05) is 7.11 Å². The Kier molecular flexibility index (Phi) is 4.24. The minimum Gasteiger partial charge on any atom is -0.497 e. The van der Waals surface area contributed by atoms with Gasteiger partial charge < -0.3 is 9.15 Å². The molecule has 0 unspecified atom stereocenters. The van der Waals surface area contributed by atoms with Crippen LogP contribution in [0.25, 0.3) is 11.0 Å². The van der Waals surface area contributed by atoms with E-state index in [1.54, 1.807) is 7.11 Å². The highest BCUT2D eigenvalue weighted by molar-refractivity contribution is 5.76. The summed E-state index contributed by atoms with van der Waals surface area (Å²) in [5.74, 6) is 0.860. The molecule has 2 aromatic carbocycles. The minimum atomic E-state index is -0.228. The molecule has 3 aromatic rings. The van der Waals surface area contributed by atoms with Crippen LogP contribution in [-0.4, -0.2) is 7.11 Å². The lowest BCUT2D eigenvalue weighted by Gasteiger charge is -2.04. The molecule has 0 aliphatic heterocycles. The topological polar surface area (TPSA) is 39.4 Å². The zero-order valence-electron chi connectivity index (χ0n) is 12.5. The van der Waals surface area contributed by atoms with Crippen LogP contribution in [0.4, 0.5) is 0 Å². The van der Waals surface area contributed by atoms with Crippen LogP contribution in [0.2, 0.25) is 0 Å². The van der Waals surface area contributed by atoms with Crippen LogP contribution in [0.1, 0.15) is 17.5 Å². The summed E-state index contributed by atoms with van der Waals surface area (Å²) in [6, 6.07) is 17.6. The van der Waals surface area contributed by atoms with Gasteiger partial charge in [-0.2, -0.15) is 0 Å². The van der Waals surface area contributed by atoms with E-state index >= 15 is 0 Å². The second-order valence-corrected chi connectivity index (χ2v) is 5.30. The highest BCUT2D eigenvalue weighted by Gasteiger charge is 2.05. The van der Waals surface area contributed by atoms with Crippen molar-refractivity contribution in [3.05, 3.63) is 76.1 Å². The van der Waals surface area contributed by atoms with Gasteiger partial charge >= 0.3 is 5.63 Å². The Hall–Kier alpha value is -2.55. The molecule has 0 aliphatic carbocycles. The molecule has 0 N–H and O–H groups in total. The molecule has 0 aliphatic rings. The van der Waals surface area contributed by atoms with Crippen LogP contribution in [0, 0.1) is 0 Å². The molecule has 0 saturated carbocycles. The summed E-state index contributed by atoms with van der Waals surface area (Å²) in [6.07, 6.45) is 2.56. The summed E-state index contributed by atoms with van der Waals surface area (Å²) >= 11 is 0. The van der Waals surface area contributed by atoms with Gasteiger partial charge in [0.1, 0.15) is 11.3 Å². The Morgan fingerprint density at radius 1 is 1.00 bits per heavy atom. The monoisotopic (exact) mass is 294 g/mol. The standard InChI is InChI=1S/C19H18O3/c1-21-17-11-9-14(10-12-17)5-4-7-16-13-15-6-2-3-8-18(15)22-19(16)20/h2-3,6,8-13H,4-5,7H2,1H3. The van der Waals surface area contributed by atoms with Gasteiger partial charge in [0.25, 0.3) is 0 Å². The molecule has 112 valence electrons. The number of benzene rings is 2. The number of fused-ring (bicyclic) bond motifs is 1. The second-order valence-electron chi connectivity index (χ2n) is 5.30. The molecule has 0 bridgehead atoms. The number of para-hydroxylation sites is 1. The smallest absolute Gasteiger partial charge is 0.339 e. The summed E-state index contributed by atoms with van der Waals surface area (Å²) < 4.78 is 10.5. The van der Waals surface area contributed by atoms with Gasteiger partial charge in [-0.15, -0.1) is 0 Å². The SMILES string of the molecule is COc1ccc(CCCc2cc3ccccc3oc2=O)cc1. The van der Waals surface area contributed by atoms with Crippen LogP contribution < -0.4 is 10.4 Å². The van der Waals surface area contributed by atoms with Gasteiger partial charge in [-0.3, -0.25) is 0 Å². The fourth-order valence-corrected chi connectivity index (χ4v) is 2.55. The van der Waals surface area contributed by atoms with E-state index in [4.69, 9.17) is 9.15 Å². The highest BCUT2D eigenvalue weighted by atomic mass is 16.5. The lowest BCUT2D eigenvalue weighted by Crippen LogP contribution is -2.07. The molecule has 3 heteroatoms. The Labute approximate surface area is 129 Å². The Bertz CT molecular complexity index is 816. The first-order valence-electron chi connectivity index (χ1n) is 7.41.